The lowest BCUT2D eigenvalue weighted by Gasteiger charge is -2.29. The molecule has 1 aromatic carbocycles. The Bertz CT molecular complexity index is 757. The molecule has 1 amide bonds. The number of hydrogen-bond donors (Lipinski definition) is 2. The van der Waals surface area contributed by atoms with Crippen molar-refractivity contribution in [3.05, 3.63) is 47.8 Å². The van der Waals surface area contributed by atoms with Crippen molar-refractivity contribution in [3.8, 4) is 0 Å². The van der Waals surface area contributed by atoms with Gasteiger partial charge in [-0.3, -0.25) is 4.79 Å². The maximum atomic E-state index is 13.4. The number of imidazole rings is 1. The van der Waals surface area contributed by atoms with Crippen molar-refractivity contribution in [1.82, 2.24) is 9.55 Å². The SMILES string of the molecule is Cc1ccc(NC(=O)CC(O)(c2nccn2C)C(F)(F)F)cc1F. The van der Waals surface area contributed by atoms with E-state index in [4.69, 9.17) is 0 Å². The van der Waals surface area contributed by atoms with Crippen molar-refractivity contribution in [2.45, 2.75) is 25.1 Å². The van der Waals surface area contributed by atoms with E-state index in [0.29, 0.717) is 5.56 Å². The number of alkyl halides is 3. The number of aromatic nitrogens is 2. The summed E-state index contributed by atoms with van der Waals surface area (Å²) in [6, 6.07) is 3.71. The highest BCUT2D eigenvalue weighted by molar-refractivity contribution is 5.91. The van der Waals surface area contributed by atoms with Crippen LogP contribution in [0.3, 0.4) is 0 Å². The van der Waals surface area contributed by atoms with E-state index in [1.54, 1.807) is 0 Å². The molecule has 0 saturated carbocycles. The fourth-order valence-corrected chi connectivity index (χ4v) is 2.18. The number of nitrogens with zero attached hydrogens (tertiary/aromatic N) is 2. The largest absolute Gasteiger partial charge is 0.425 e. The molecule has 0 bridgehead atoms. The van der Waals surface area contributed by atoms with Gasteiger partial charge >= 0.3 is 6.18 Å². The van der Waals surface area contributed by atoms with Crippen molar-refractivity contribution in [2.24, 2.45) is 7.05 Å². The van der Waals surface area contributed by atoms with Crippen molar-refractivity contribution < 1.29 is 27.5 Å². The third-order valence-corrected chi connectivity index (χ3v) is 3.53. The number of halogens is 4. The summed E-state index contributed by atoms with van der Waals surface area (Å²) in [7, 11) is 1.27. The summed E-state index contributed by atoms with van der Waals surface area (Å²) in [6.07, 6.45) is -4.13. The van der Waals surface area contributed by atoms with Crippen molar-refractivity contribution in [2.75, 3.05) is 5.32 Å². The maximum Gasteiger partial charge on any atom is 0.425 e. The first-order valence-electron chi connectivity index (χ1n) is 6.87. The number of nitrogens with one attached hydrogen (secondary N) is 1. The van der Waals surface area contributed by atoms with Gasteiger partial charge in [0.25, 0.3) is 0 Å². The molecule has 130 valence electrons. The molecule has 1 aromatic heterocycles. The normalized spacial score (nSPS) is 14.3. The number of rotatable bonds is 4. The van der Waals surface area contributed by atoms with E-state index in [0.717, 1.165) is 16.8 Å². The quantitative estimate of drug-likeness (QED) is 0.837. The van der Waals surface area contributed by atoms with Gasteiger partial charge in [0.15, 0.2) is 5.82 Å². The zero-order valence-corrected chi connectivity index (χ0v) is 12.9. The fourth-order valence-electron chi connectivity index (χ4n) is 2.18. The topological polar surface area (TPSA) is 67.2 Å². The van der Waals surface area contributed by atoms with Gasteiger partial charge in [0.1, 0.15) is 5.82 Å². The lowest BCUT2D eigenvalue weighted by Crippen LogP contribution is -2.46. The Morgan fingerprint density at radius 2 is 2.04 bits per heavy atom. The van der Waals surface area contributed by atoms with Crippen LogP contribution in [0.25, 0.3) is 0 Å². The Morgan fingerprint density at radius 3 is 2.54 bits per heavy atom. The third kappa shape index (κ3) is 3.40. The Labute approximate surface area is 134 Å². The van der Waals surface area contributed by atoms with Gasteiger partial charge in [-0.1, -0.05) is 6.07 Å². The Hall–Kier alpha value is -2.42. The van der Waals surface area contributed by atoms with Crippen LogP contribution in [-0.2, 0) is 17.4 Å². The summed E-state index contributed by atoms with van der Waals surface area (Å²) in [6.45, 7) is 1.50. The van der Waals surface area contributed by atoms with E-state index in [2.05, 4.69) is 10.3 Å². The van der Waals surface area contributed by atoms with E-state index < -0.39 is 35.7 Å². The number of anilines is 1. The average molecular weight is 345 g/mol. The average Bonchev–Trinajstić information content (AvgIpc) is 2.88. The van der Waals surface area contributed by atoms with Gasteiger partial charge in [-0.15, -0.1) is 0 Å². The molecule has 0 radical (unpaired) electrons. The van der Waals surface area contributed by atoms with E-state index >= 15 is 0 Å². The number of carbonyl (C=O) groups is 1. The summed E-state index contributed by atoms with van der Waals surface area (Å²) in [5.41, 5.74) is -3.14. The molecule has 9 heteroatoms. The van der Waals surface area contributed by atoms with Gasteiger partial charge in [0, 0.05) is 25.1 Å². The lowest BCUT2D eigenvalue weighted by molar-refractivity contribution is -0.270. The summed E-state index contributed by atoms with van der Waals surface area (Å²) < 4.78 is 54.4. The molecule has 1 unspecified atom stereocenters. The van der Waals surface area contributed by atoms with Crippen LogP contribution in [0.1, 0.15) is 17.8 Å². The molecular weight excluding hydrogens is 330 g/mol. The van der Waals surface area contributed by atoms with E-state index in [-0.39, 0.29) is 5.69 Å². The van der Waals surface area contributed by atoms with Crippen molar-refractivity contribution in [3.63, 3.8) is 0 Å². The second kappa shape index (κ2) is 6.23. The van der Waals surface area contributed by atoms with Gasteiger partial charge in [-0.25, -0.2) is 9.37 Å². The second-order valence-electron chi connectivity index (χ2n) is 5.41. The molecule has 2 aromatic rings. The second-order valence-corrected chi connectivity index (χ2v) is 5.41. The highest BCUT2D eigenvalue weighted by Gasteiger charge is 2.58. The number of amides is 1. The lowest BCUT2D eigenvalue weighted by atomic mass is 9.97. The molecule has 1 heterocycles. The Kier molecular flexibility index (Phi) is 4.66. The van der Waals surface area contributed by atoms with Gasteiger partial charge in [-0.2, -0.15) is 13.2 Å². The predicted octanol–water partition coefficient (Wildman–Crippen LogP) is 2.65. The Balaban J connectivity index is 2.25. The summed E-state index contributed by atoms with van der Waals surface area (Å²) in [5, 5.41) is 12.2. The number of aryl methyl sites for hydroxylation is 2. The standard InChI is InChI=1S/C15H15F4N3O2/c1-9-3-4-10(7-11(9)16)21-12(23)8-14(24,15(17,18)19)13-20-5-6-22(13)2/h3-7,24H,8H2,1-2H3,(H,21,23). The molecule has 5 nitrogen and oxygen atoms in total. The van der Waals surface area contributed by atoms with Crippen LogP contribution >= 0.6 is 0 Å². The maximum absolute atomic E-state index is 13.4. The summed E-state index contributed by atoms with van der Waals surface area (Å²) >= 11 is 0. The van der Waals surface area contributed by atoms with Crippen LogP contribution < -0.4 is 5.32 Å². The van der Waals surface area contributed by atoms with Crippen LogP contribution in [0.2, 0.25) is 0 Å². The van der Waals surface area contributed by atoms with E-state index in [1.807, 2.05) is 0 Å². The minimum atomic E-state index is -5.12. The van der Waals surface area contributed by atoms with Crippen LogP contribution in [0.4, 0.5) is 23.2 Å². The minimum absolute atomic E-state index is 0.00698. The minimum Gasteiger partial charge on any atom is -0.374 e. The van der Waals surface area contributed by atoms with Gasteiger partial charge in [0.05, 0.1) is 6.42 Å². The number of aliphatic hydroxyl groups is 1. The zero-order valence-electron chi connectivity index (χ0n) is 12.9. The van der Waals surface area contributed by atoms with Crippen LogP contribution in [0, 0.1) is 12.7 Å². The molecule has 0 aliphatic carbocycles. The van der Waals surface area contributed by atoms with Crippen molar-refractivity contribution >= 4 is 11.6 Å². The molecule has 2 N–H and O–H groups in total. The number of hydrogen-bond acceptors (Lipinski definition) is 3. The molecule has 0 saturated heterocycles. The van der Waals surface area contributed by atoms with Crippen LogP contribution in [-0.4, -0.2) is 26.7 Å². The first-order chi connectivity index (χ1) is 11.0. The van der Waals surface area contributed by atoms with Gasteiger partial charge in [-0.05, 0) is 24.6 Å². The first kappa shape index (κ1) is 17.9. The molecule has 0 aliphatic heterocycles. The Morgan fingerprint density at radius 1 is 1.38 bits per heavy atom. The van der Waals surface area contributed by atoms with E-state index in [1.165, 1.54) is 32.3 Å². The monoisotopic (exact) mass is 345 g/mol. The third-order valence-electron chi connectivity index (χ3n) is 3.53. The number of carbonyl (C=O) groups excluding carboxylic acids is 1. The molecule has 1 atom stereocenters. The van der Waals surface area contributed by atoms with Crippen molar-refractivity contribution in [1.29, 1.82) is 0 Å². The summed E-state index contributed by atoms with van der Waals surface area (Å²) in [4.78, 5) is 15.4. The zero-order chi connectivity index (χ0) is 18.1. The van der Waals surface area contributed by atoms with Gasteiger partial charge in [0.2, 0.25) is 11.5 Å². The number of benzene rings is 1. The van der Waals surface area contributed by atoms with Gasteiger partial charge < -0.3 is 15.0 Å². The highest BCUT2D eigenvalue weighted by Crippen LogP contribution is 2.40. The predicted molar refractivity (Wildman–Crippen MR) is 77.5 cm³/mol. The molecule has 2 rings (SSSR count). The molecule has 24 heavy (non-hydrogen) atoms. The first-order valence-corrected chi connectivity index (χ1v) is 6.87. The van der Waals surface area contributed by atoms with Crippen LogP contribution in [0.15, 0.2) is 30.6 Å². The molecular formula is C15H15F4N3O2. The van der Waals surface area contributed by atoms with E-state index in [9.17, 15) is 27.5 Å². The molecule has 0 aliphatic rings. The molecule has 0 spiro atoms. The highest BCUT2D eigenvalue weighted by atomic mass is 19.4. The summed E-state index contributed by atoms with van der Waals surface area (Å²) in [5.74, 6) is -2.44. The van der Waals surface area contributed by atoms with Crippen LogP contribution in [0.5, 0.6) is 0 Å². The smallest absolute Gasteiger partial charge is 0.374 e. The fraction of sp³-hybridized carbons (Fsp3) is 0.333. The molecule has 0 fully saturated rings.